The SMILES string of the molecule is CCCCCCCCCCCCCCCCC1(CCCCCCCCCCCCCCCC)c2cc3c(cc2-c2sc(C)cc21)C(CCCCCCCCCCCCCCCC)(CCCCCCCCCCCCCCCC)c1cc(C2=c4cc5c(cc4C(=O)O2)=C(C)SC5=O)sc1-3. The van der Waals surface area contributed by atoms with Crippen LogP contribution in [0.2, 0.25) is 0 Å². The smallest absolute Gasteiger partial charge is 0.344 e. The van der Waals surface area contributed by atoms with Crippen molar-refractivity contribution in [2.75, 3.05) is 0 Å². The van der Waals surface area contributed by atoms with Crippen LogP contribution in [0.3, 0.4) is 0 Å². The Morgan fingerprint density at radius 3 is 0.908 bits per heavy atom. The molecule has 6 heteroatoms. The number of unbranched alkanes of at least 4 members (excludes halogenated alkanes) is 52. The van der Waals surface area contributed by atoms with Gasteiger partial charge in [-0.05, 0) is 119 Å². The van der Waals surface area contributed by atoms with Gasteiger partial charge in [0.25, 0.3) is 0 Å². The van der Waals surface area contributed by atoms with Gasteiger partial charge in [0.05, 0.1) is 10.4 Å². The van der Waals surface area contributed by atoms with E-state index in [0.717, 1.165) is 33.1 Å². The third-order valence-corrected chi connectivity index (χ3v) is 27.2. The molecular weight excluding hydrogens is 1250 g/mol. The summed E-state index contributed by atoms with van der Waals surface area (Å²) in [7, 11) is 0. The zero-order chi connectivity index (χ0) is 68.9. The standard InChI is InChI=1S/C92H144O3S3/c1-7-11-15-19-23-27-31-35-39-43-47-51-55-59-63-91(64-60-56-52-48-44-40-36-32-28-24-20-16-12-8-2)81-71-80-82(70-79(81)87-83(91)67-73(5)96-87)92(65-61-57-53-49-45-41-37-33-29-25-21-17-13-9-3,66-62-58-54-50-46-42-38-34-30-26-22-18-14-10-4)84-72-85(98-88(80)84)86-76-69-78-75(74(6)97-90(78)94)68-77(76)89(93)95-86/h67-72H,7-66H2,1-6H3. The maximum Gasteiger partial charge on any atom is 0.344 e. The number of hydrogen-bond acceptors (Lipinski definition) is 6. The summed E-state index contributed by atoms with van der Waals surface area (Å²) in [6, 6.07) is 14.8. The van der Waals surface area contributed by atoms with E-state index in [1.165, 1.54) is 405 Å². The van der Waals surface area contributed by atoms with Gasteiger partial charge in [-0.2, -0.15) is 0 Å². The summed E-state index contributed by atoms with van der Waals surface area (Å²) < 4.78 is 6.48. The van der Waals surface area contributed by atoms with Gasteiger partial charge in [-0.3, -0.25) is 4.79 Å². The second-order valence-electron chi connectivity index (χ2n) is 32.1. The minimum absolute atomic E-state index is 0.0161. The topological polar surface area (TPSA) is 43.4 Å². The molecule has 4 aromatic rings. The first-order valence-corrected chi connectivity index (χ1v) is 45.4. The van der Waals surface area contributed by atoms with Gasteiger partial charge in [0, 0.05) is 36.2 Å². The molecule has 0 atom stereocenters. The first-order valence-electron chi connectivity index (χ1n) is 43.0. The van der Waals surface area contributed by atoms with Crippen molar-refractivity contribution in [2.45, 2.75) is 438 Å². The Hall–Kier alpha value is -2.93. The van der Waals surface area contributed by atoms with E-state index in [1.54, 1.807) is 27.1 Å². The van der Waals surface area contributed by atoms with E-state index in [9.17, 15) is 9.59 Å². The highest BCUT2D eigenvalue weighted by Gasteiger charge is 2.50. The predicted octanol–water partition coefficient (Wildman–Crippen LogP) is 30.5. The number of hydrogen-bond donors (Lipinski definition) is 0. The molecule has 548 valence electrons. The van der Waals surface area contributed by atoms with Gasteiger partial charge < -0.3 is 4.74 Å². The fourth-order valence-electron chi connectivity index (χ4n) is 18.0. The molecule has 4 heterocycles. The van der Waals surface area contributed by atoms with E-state index in [1.807, 2.05) is 30.4 Å². The van der Waals surface area contributed by atoms with Gasteiger partial charge in [-0.15, -0.1) is 22.7 Å². The minimum Gasteiger partial charge on any atom is -0.421 e. The summed E-state index contributed by atoms with van der Waals surface area (Å²) in [6.45, 7) is 13.7. The number of thiophene rings is 2. The van der Waals surface area contributed by atoms with Crippen LogP contribution in [0.15, 0.2) is 36.4 Å². The van der Waals surface area contributed by atoms with E-state index in [-0.39, 0.29) is 21.9 Å². The Balaban J connectivity index is 1.07. The molecule has 2 aromatic heterocycles. The monoisotopic (exact) mass is 1390 g/mol. The van der Waals surface area contributed by atoms with Crippen LogP contribution in [-0.2, 0) is 15.6 Å². The molecule has 4 aliphatic rings. The normalized spacial score (nSPS) is 14.6. The second kappa shape index (κ2) is 46.0. The van der Waals surface area contributed by atoms with E-state index >= 15 is 0 Å². The number of esters is 1. The van der Waals surface area contributed by atoms with Crippen molar-refractivity contribution in [3.63, 3.8) is 0 Å². The third-order valence-electron chi connectivity index (χ3n) is 24.0. The van der Waals surface area contributed by atoms with Crippen molar-refractivity contribution < 1.29 is 14.3 Å². The van der Waals surface area contributed by atoms with Crippen LogP contribution in [0.1, 0.15) is 473 Å². The largest absolute Gasteiger partial charge is 0.421 e. The Morgan fingerprint density at radius 2 is 0.582 bits per heavy atom. The molecule has 2 aromatic carbocycles. The van der Waals surface area contributed by atoms with Crippen molar-refractivity contribution in [3.05, 3.63) is 90.0 Å². The Labute approximate surface area is 614 Å². The Kier molecular flexibility index (Phi) is 37.9. The van der Waals surface area contributed by atoms with E-state index in [4.69, 9.17) is 4.74 Å². The molecule has 3 nitrogen and oxygen atoms in total. The molecule has 98 heavy (non-hydrogen) atoms. The van der Waals surface area contributed by atoms with Gasteiger partial charge in [0.1, 0.15) is 0 Å². The quantitative estimate of drug-likeness (QED) is 0.0326. The molecule has 0 spiro atoms. The van der Waals surface area contributed by atoms with Crippen molar-refractivity contribution in [1.29, 1.82) is 0 Å². The molecule has 0 amide bonds. The first-order chi connectivity index (χ1) is 48.2. The molecule has 0 saturated carbocycles. The molecule has 0 N–H and O–H groups in total. The highest BCUT2D eigenvalue weighted by atomic mass is 32.2. The fraction of sp³-hybridized carbons (Fsp3) is 0.739. The summed E-state index contributed by atoms with van der Waals surface area (Å²) in [6.07, 6.45) is 82.2. The summed E-state index contributed by atoms with van der Waals surface area (Å²) in [5.41, 5.74) is 10.7. The molecule has 0 unspecified atom stereocenters. The van der Waals surface area contributed by atoms with E-state index in [0.29, 0.717) is 16.9 Å². The maximum atomic E-state index is 14.1. The molecule has 0 radical (unpaired) electrons. The van der Waals surface area contributed by atoms with Gasteiger partial charge in [-0.25, -0.2) is 4.79 Å². The first kappa shape index (κ1) is 80.8. The Morgan fingerprint density at radius 1 is 0.296 bits per heavy atom. The summed E-state index contributed by atoms with van der Waals surface area (Å²) in [5.74, 6) is 0.387. The van der Waals surface area contributed by atoms with Crippen LogP contribution in [0.5, 0.6) is 0 Å². The lowest BCUT2D eigenvalue weighted by atomic mass is 9.68. The highest BCUT2D eigenvalue weighted by Crippen LogP contribution is 2.64. The van der Waals surface area contributed by atoms with Crippen LogP contribution in [-0.4, -0.2) is 11.1 Å². The van der Waals surface area contributed by atoms with Crippen molar-refractivity contribution in [2.24, 2.45) is 0 Å². The maximum absolute atomic E-state index is 14.1. The van der Waals surface area contributed by atoms with Gasteiger partial charge in [-0.1, -0.05) is 399 Å². The van der Waals surface area contributed by atoms with E-state index in [2.05, 4.69) is 70.2 Å². The number of rotatable bonds is 61. The second-order valence-corrected chi connectivity index (χ2v) is 35.5. The average Bonchev–Trinajstić information content (AvgIpc) is 1.52. The number of benzene rings is 2. The lowest BCUT2D eigenvalue weighted by Gasteiger charge is -2.34. The number of carbonyl (C=O) groups excluding carboxylic acids is 2. The highest BCUT2D eigenvalue weighted by molar-refractivity contribution is 8.21. The molecule has 2 aliphatic heterocycles. The number of aryl methyl sites for hydroxylation is 1. The lowest BCUT2D eigenvalue weighted by Crippen LogP contribution is -2.27. The van der Waals surface area contributed by atoms with Crippen LogP contribution >= 0.6 is 34.4 Å². The molecule has 2 aliphatic carbocycles. The zero-order valence-corrected chi connectivity index (χ0v) is 66.8. The summed E-state index contributed by atoms with van der Waals surface area (Å²) in [5, 5.41) is 1.77. The number of carbonyl (C=O) groups is 2. The Bertz CT molecular complexity index is 2990. The average molecular weight is 1390 g/mol. The molecule has 0 saturated heterocycles. The van der Waals surface area contributed by atoms with Crippen LogP contribution in [0.25, 0.3) is 31.5 Å². The lowest BCUT2D eigenvalue weighted by molar-refractivity contribution is 0.0709. The van der Waals surface area contributed by atoms with E-state index < -0.39 is 0 Å². The number of cyclic esters (lactones) is 1. The third kappa shape index (κ3) is 24.1. The molecule has 0 fully saturated rings. The number of fused-ring (bicyclic) bond motifs is 8. The summed E-state index contributed by atoms with van der Waals surface area (Å²) in [4.78, 5) is 34.1. The summed E-state index contributed by atoms with van der Waals surface area (Å²) >= 11 is 5.30. The minimum atomic E-state index is -0.281. The van der Waals surface area contributed by atoms with Gasteiger partial charge >= 0.3 is 5.97 Å². The fourth-order valence-corrected chi connectivity index (χ4v) is 21.3. The van der Waals surface area contributed by atoms with Crippen LogP contribution in [0, 0.1) is 6.92 Å². The number of ether oxygens (including phenoxy) is 1. The van der Waals surface area contributed by atoms with Gasteiger partial charge in [0.15, 0.2) is 5.76 Å². The van der Waals surface area contributed by atoms with Crippen molar-refractivity contribution in [3.8, 4) is 20.9 Å². The number of thioether (sulfide) groups is 1. The van der Waals surface area contributed by atoms with Crippen LogP contribution in [0.4, 0.5) is 0 Å². The predicted molar refractivity (Wildman–Crippen MR) is 434 cm³/mol. The van der Waals surface area contributed by atoms with Crippen LogP contribution < -0.4 is 10.4 Å². The molecule has 8 rings (SSSR count). The molecule has 0 bridgehead atoms. The van der Waals surface area contributed by atoms with Crippen molar-refractivity contribution >= 4 is 56.2 Å². The van der Waals surface area contributed by atoms with Gasteiger partial charge in [0.2, 0.25) is 5.12 Å². The van der Waals surface area contributed by atoms with Crippen molar-refractivity contribution in [1.82, 2.24) is 0 Å². The zero-order valence-electron chi connectivity index (χ0n) is 64.3. The molecular formula is C92H144O3S3.